The molecule has 12 heavy (non-hydrogen) atoms. The van der Waals surface area contributed by atoms with Crippen molar-refractivity contribution in [2.75, 3.05) is 0 Å². The van der Waals surface area contributed by atoms with E-state index >= 15 is 0 Å². The molecule has 1 unspecified atom stereocenters. The smallest absolute Gasteiger partial charge is 0.168 e. The molecule has 0 saturated carbocycles. The molecule has 1 aromatic rings. The van der Waals surface area contributed by atoms with E-state index in [2.05, 4.69) is 0 Å². The van der Waals surface area contributed by atoms with Gasteiger partial charge in [-0.1, -0.05) is 30.3 Å². The van der Waals surface area contributed by atoms with Crippen LogP contribution in [0.5, 0.6) is 0 Å². The predicted octanol–water partition coefficient (Wildman–Crippen LogP) is 3.37. The van der Waals surface area contributed by atoms with Crippen molar-refractivity contribution in [1.29, 1.82) is 0 Å². The highest BCUT2D eigenvalue weighted by Gasteiger charge is 2.03. The van der Waals surface area contributed by atoms with Gasteiger partial charge in [-0.15, -0.1) is 0 Å². The van der Waals surface area contributed by atoms with Gasteiger partial charge in [0.1, 0.15) is 0 Å². The van der Waals surface area contributed by atoms with E-state index in [1.807, 2.05) is 0 Å². The van der Waals surface area contributed by atoms with Crippen LogP contribution in [0.2, 0.25) is 0 Å². The van der Waals surface area contributed by atoms with E-state index in [-0.39, 0.29) is 5.75 Å². The van der Waals surface area contributed by atoms with Crippen LogP contribution in [0.1, 0.15) is 5.56 Å². The van der Waals surface area contributed by atoms with Gasteiger partial charge in [-0.2, -0.15) is 12.7 Å². The van der Waals surface area contributed by atoms with Crippen LogP contribution in [0, 0.1) is 0 Å². The number of hydrogen-bond donors (Lipinski definition) is 0. The number of halogens is 3. The van der Waals surface area contributed by atoms with Gasteiger partial charge in [-0.25, -0.2) is 0 Å². The maximum atomic E-state index is 12.5. The van der Waals surface area contributed by atoms with Crippen LogP contribution in [-0.4, -0.2) is 5.37 Å². The Labute approximate surface area is 71.2 Å². The molecule has 0 amide bonds. The molecule has 0 nitrogen and oxygen atoms in total. The molecule has 0 aliphatic rings. The van der Waals surface area contributed by atoms with Gasteiger partial charge >= 0.3 is 5.37 Å². The number of rotatable bonds is 2. The zero-order valence-electron chi connectivity index (χ0n) is 6.14. The summed E-state index contributed by atoms with van der Waals surface area (Å²) < 4.78 is 35.8. The highest BCUT2D eigenvalue weighted by molar-refractivity contribution is 8.10. The molecule has 0 fully saturated rings. The average Bonchev–Trinajstić information content (AvgIpc) is 2.06. The third-order valence-electron chi connectivity index (χ3n) is 1.30. The summed E-state index contributed by atoms with van der Waals surface area (Å²) in [7, 11) is -2.39. The van der Waals surface area contributed by atoms with Crippen molar-refractivity contribution in [3.05, 3.63) is 35.9 Å². The predicted molar refractivity (Wildman–Crippen MR) is 46.1 cm³/mol. The Morgan fingerprint density at radius 3 is 2.25 bits per heavy atom. The minimum Gasteiger partial charge on any atom is -0.168 e. The van der Waals surface area contributed by atoms with Crippen molar-refractivity contribution in [2.45, 2.75) is 5.75 Å². The molecule has 0 aliphatic heterocycles. The topological polar surface area (TPSA) is 0 Å². The summed E-state index contributed by atoms with van der Waals surface area (Å²) in [5.74, 6) is -0.219. The molecule has 66 valence electrons. The van der Waals surface area contributed by atoms with Crippen LogP contribution in [0.4, 0.5) is 12.7 Å². The summed E-state index contributed by atoms with van der Waals surface area (Å²) in [4.78, 5) is 0. The Morgan fingerprint density at radius 1 is 1.17 bits per heavy atom. The van der Waals surface area contributed by atoms with Crippen LogP contribution in [0.25, 0.3) is 0 Å². The molecule has 0 spiro atoms. The molecule has 4 heteroatoms. The van der Waals surface area contributed by atoms with Crippen molar-refractivity contribution in [1.82, 2.24) is 0 Å². The highest BCUT2D eigenvalue weighted by Crippen LogP contribution is 2.23. The fourth-order valence-corrected chi connectivity index (χ4v) is 1.37. The fourth-order valence-electron chi connectivity index (χ4n) is 0.775. The van der Waals surface area contributed by atoms with E-state index in [4.69, 9.17) is 0 Å². The van der Waals surface area contributed by atoms with Gasteiger partial charge in [0.2, 0.25) is 0 Å². The van der Waals surface area contributed by atoms with Crippen LogP contribution < -0.4 is 0 Å². The summed E-state index contributed by atoms with van der Waals surface area (Å²) >= 11 is 0. The van der Waals surface area contributed by atoms with Crippen molar-refractivity contribution in [3.8, 4) is 0 Å². The van der Waals surface area contributed by atoms with E-state index in [0.29, 0.717) is 5.56 Å². The second-order valence-corrected chi connectivity index (χ2v) is 3.44. The Kier molecular flexibility index (Phi) is 3.34. The molecular weight excluding hydrogens is 185 g/mol. The number of hydrogen-bond acceptors (Lipinski definition) is 0. The van der Waals surface area contributed by atoms with E-state index < -0.39 is 16.2 Å². The van der Waals surface area contributed by atoms with Crippen LogP contribution >= 0.6 is 10.9 Å². The standard InChI is InChI=1S/C8H7F3S/c9-8(10)12(11)6-7-4-2-1-3-5-7/h1-5H,6H2. The Balaban J connectivity index is 2.72. The van der Waals surface area contributed by atoms with Gasteiger partial charge < -0.3 is 0 Å². The molecule has 0 bridgehead atoms. The summed E-state index contributed by atoms with van der Waals surface area (Å²) in [5.41, 5.74) is 0.594. The zero-order chi connectivity index (χ0) is 8.97. The minimum atomic E-state index is -2.39. The van der Waals surface area contributed by atoms with Crippen molar-refractivity contribution in [3.63, 3.8) is 0 Å². The third-order valence-corrected chi connectivity index (χ3v) is 2.23. The first-order valence-electron chi connectivity index (χ1n) is 3.29. The zero-order valence-corrected chi connectivity index (χ0v) is 6.95. The summed E-state index contributed by atoms with van der Waals surface area (Å²) in [6.07, 6.45) is 0. The maximum Gasteiger partial charge on any atom is 0.324 e. The first kappa shape index (κ1) is 9.32. The maximum absolute atomic E-state index is 12.5. The molecule has 0 aromatic heterocycles. The second-order valence-electron chi connectivity index (χ2n) is 2.19. The van der Waals surface area contributed by atoms with Crippen molar-refractivity contribution in [2.24, 2.45) is 0 Å². The largest absolute Gasteiger partial charge is 0.324 e. The average molecular weight is 192 g/mol. The summed E-state index contributed by atoms with van der Waals surface area (Å²) in [6.45, 7) is 0. The molecule has 0 N–H and O–H groups in total. The van der Waals surface area contributed by atoms with Crippen LogP contribution in [-0.2, 0) is 5.75 Å². The SMILES string of the molecule is FC(F)=S(F)Cc1ccccc1. The van der Waals surface area contributed by atoms with Crippen LogP contribution in [0.15, 0.2) is 30.3 Å². The van der Waals surface area contributed by atoms with E-state index in [1.165, 1.54) is 0 Å². The molecule has 1 atom stereocenters. The van der Waals surface area contributed by atoms with Crippen LogP contribution in [0.3, 0.4) is 0 Å². The quantitative estimate of drug-likeness (QED) is 0.498. The minimum absolute atomic E-state index is 0.219. The van der Waals surface area contributed by atoms with E-state index in [0.717, 1.165) is 0 Å². The Hall–Kier alpha value is -0.770. The lowest BCUT2D eigenvalue weighted by Crippen LogP contribution is -1.82. The normalized spacial score (nSPS) is 12.6. The molecule has 0 heterocycles. The lowest BCUT2D eigenvalue weighted by Gasteiger charge is -1.96. The molecule has 1 rings (SSSR count). The lowest BCUT2D eigenvalue weighted by molar-refractivity contribution is 0.638. The Bertz CT molecular complexity index is 278. The molecule has 0 aliphatic carbocycles. The molecular formula is C8H7F3S. The van der Waals surface area contributed by atoms with Gasteiger partial charge in [0.25, 0.3) is 0 Å². The first-order valence-corrected chi connectivity index (χ1v) is 4.58. The molecule has 1 aromatic carbocycles. The summed E-state index contributed by atoms with van der Waals surface area (Å²) in [6, 6.07) is 8.41. The first-order chi connectivity index (χ1) is 5.70. The highest BCUT2D eigenvalue weighted by atomic mass is 32.2. The van der Waals surface area contributed by atoms with Crippen molar-refractivity contribution >= 4 is 16.2 Å². The molecule has 0 saturated heterocycles. The van der Waals surface area contributed by atoms with Gasteiger partial charge in [0.05, 0.1) is 10.9 Å². The summed E-state index contributed by atoms with van der Waals surface area (Å²) in [5, 5.41) is -2.13. The molecule has 0 radical (unpaired) electrons. The number of benzene rings is 1. The van der Waals surface area contributed by atoms with Gasteiger partial charge in [0.15, 0.2) is 0 Å². The van der Waals surface area contributed by atoms with Gasteiger partial charge in [0, 0.05) is 5.75 Å². The fraction of sp³-hybridized carbons (Fsp3) is 0.125. The van der Waals surface area contributed by atoms with Gasteiger partial charge in [-0.3, -0.25) is 0 Å². The van der Waals surface area contributed by atoms with Gasteiger partial charge in [-0.05, 0) is 5.56 Å². The lowest BCUT2D eigenvalue weighted by atomic mass is 10.2. The Morgan fingerprint density at radius 2 is 1.75 bits per heavy atom. The third kappa shape index (κ3) is 2.70. The van der Waals surface area contributed by atoms with Crippen molar-refractivity contribution < 1.29 is 12.7 Å². The monoisotopic (exact) mass is 192 g/mol. The van der Waals surface area contributed by atoms with E-state index in [1.54, 1.807) is 30.3 Å². The van der Waals surface area contributed by atoms with E-state index in [9.17, 15) is 12.7 Å². The second kappa shape index (κ2) is 4.30.